The molecular weight excluding hydrogens is 183 g/mol. The van der Waals surface area contributed by atoms with Crippen LogP contribution in [0.4, 0.5) is 4.39 Å². The van der Waals surface area contributed by atoms with Crippen molar-refractivity contribution in [2.75, 3.05) is 6.61 Å². The molecule has 0 amide bonds. The number of aliphatic hydroxyl groups is 1. The highest BCUT2D eigenvalue weighted by Crippen LogP contribution is 2.32. The molecule has 0 fully saturated rings. The number of aromatic hydroxyl groups is 1. The number of phenolic OH excluding ortho intramolecular Hbond substituents is 1. The Bertz CT molecular complexity index is 304. The maximum Gasteiger partial charge on any atom is 0.115 e. The smallest absolute Gasteiger partial charge is 0.115 e. The molecule has 0 aliphatic carbocycles. The Labute approximate surface area is 83.0 Å². The standard InChI is InChI=1S/C11H15FO2/c1-11(2,12)10(7-13)8-4-3-5-9(14)6-8/h3-6,10,13-14H,7H2,1-2H3. The Balaban J connectivity index is 3.01. The predicted octanol–water partition coefficient (Wildman–Crippen LogP) is 2.22. The molecule has 3 heteroatoms. The average molecular weight is 198 g/mol. The Hall–Kier alpha value is -1.09. The van der Waals surface area contributed by atoms with Crippen molar-refractivity contribution in [1.82, 2.24) is 0 Å². The van der Waals surface area contributed by atoms with Gasteiger partial charge < -0.3 is 10.2 Å². The first-order valence-electron chi connectivity index (χ1n) is 4.54. The minimum absolute atomic E-state index is 0.0881. The summed E-state index contributed by atoms with van der Waals surface area (Å²) in [6.45, 7) is 2.56. The van der Waals surface area contributed by atoms with E-state index in [1.54, 1.807) is 12.1 Å². The zero-order chi connectivity index (χ0) is 10.8. The van der Waals surface area contributed by atoms with Crippen LogP contribution >= 0.6 is 0 Å². The van der Waals surface area contributed by atoms with E-state index in [4.69, 9.17) is 5.11 Å². The molecule has 1 atom stereocenters. The summed E-state index contributed by atoms with van der Waals surface area (Å²) in [7, 11) is 0. The number of hydrogen-bond donors (Lipinski definition) is 2. The van der Waals surface area contributed by atoms with E-state index in [0.29, 0.717) is 5.56 Å². The highest BCUT2D eigenvalue weighted by molar-refractivity contribution is 5.31. The Morgan fingerprint density at radius 1 is 1.43 bits per heavy atom. The van der Waals surface area contributed by atoms with Crippen molar-refractivity contribution in [3.8, 4) is 5.75 Å². The number of halogens is 1. The Morgan fingerprint density at radius 2 is 2.07 bits per heavy atom. The summed E-state index contributed by atoms with van der Waals surface area (Å²) in [5.41, 5.74) is -0.886. The largest absolute Gasteiger partial charge is 0.508 e. The van der Waals surface area contributed by atoms with Gasteiger partial charge in [0.2, 0.25) is 0 Å². The number of benzene rings is 1. The molecule has 0 saturated heterocycles. The van der Waals surface area contributed by atoms with Gasteiger partial charge in [0.05, 0.1) is 6.61 Å². The van der Waals surface area contributed by atoms with Crippen LogP contribution in [0, 0.1) is 0 Å². The molecule has 1 rings (SSSR count). The van der Waals surface area contributed by atoms with Crippen molar-refractivity contribution >= 4 is 0 Å². The van der Waals surface area contributed by atoms with Crippen molar-refractivity contribution in [3.63, 3.8) is 0 Å². The molecular formula is C11H15FO2. The second-order valence-corrected chi connectivity index (χ2v) is 3.89. The highest BCUT2D eigenvalue weighted by Gasteiger charge is 2.29. The maximum atomic E-state index is 13.6. The third kappa shape index (κ3) is 2.45. The fourth-order valence-electron chi connectivity index (χ4n) is 1.46. The highest BCUT2D eigenvalue weighted by atomic mass is 19.1. The summed E-state index contributed by atoms with van der Waals surface area (Å²) in [5, 5.41) is 18.3. The zero-order valence-corrected chi connectivity index (χ0v) is 8.37. The van der Waals surface area contributed by atoms with Gasteiger partial charge in [-0.05, 0) is 31.5 Å². The van der Waals surface area contributed by atoms with Crippen molar-refractivity contribution in [3.05, 3.63) is 29.8 Å². The molecule has 78 valence electrons. The topological polar surface area (TPSA) is 40.5 Å². The van der Waals surface area contributed by atoms with Gasteiger partial charge in [-0.1, -0.05) is 12.1 Å². The van der Waals surface area contributed by atoms with Gasteiger partial charge in [0.15, 0.2) is 0 Å². The van der Waals surface area contributed by atoms with Gasteiger partial charge in [-0.3, -0.25) is 0 Å². The van der Waals surface area contributed by atoms with Gasteiger partial charge in [-0.2, -0.15) is 0 Å². The minimum atomic E-state index is -1.50. The van der Waals surface area contributed by atoms with Crippen LogP contribution < -0.4 is 0 Å². The van der Waals surface area contributed by atoms with Crippen molar-refractivity contribution < 1.29 is 14.6 Å². The molecule has 0 spiro atoms. The van der Waals surface area contributed by atoms with Gasteiger partial charge >= 0.3 is 0 Å². The van der Waals surface area contributed by atoms with E-state index in [-0.39, 0.29) is 12.4 Å². The fourth-order valence-corrected chi connectivity index (χ4v) is 1.46. The van der Waals surface area contributed by atoms with Gasteiger partial charge in [0, 0.05) is 5.92 Å². The van der Waals surface area contributed by atoms with E-state index in [2.05, 4.69) is 0 Å². The number of phenols is 1. The van der Waals surface area contributed by atoms with Crippen LogP contribution in [0.3, 0.4) is 0 Å². The molecule has 0 heterocycles. The zero-order valence-electron chi connectivity index (χ0n) is 8.37. The molecule has 2 N–H and O–H groups in total. The van der Waals surface area contributed by atoms with Gasteiger partial charge in [-0.15, -0.1) is 0 Å². The second-order valence-electron chi connectivity index (χ2n) is 3.89. The quantitative estimate of drug-likeness (QED) is 0.781. The monoisotopic (exact) mass is 198 g/mol. The van der Waals surface area contributed by atoms with Crippen LogP contribution in [-0.4, -0.2) is 22.5 Å². The van der Waals surface area contributed by atoms with Crippen LogP contribution in [0.15, 0.2) is 24.3 Å². The number of alkyl halides is 1. The van der Waals surface area contributed by atoms with E-state index in [9.17, 15) is 9.50 Å². The molecule has 0 radical (unpaired) electrons. The molecule has 0 aromatic heterocycles. The van der Waals surface area contributed by atoms with Crippen LogP contribution in [0.5, 0.6) is 5.75 Å². The van der Waals surface area contributed by atoms with Crippen LogP contribution in [0.2, 0.25) is 0 Å². The lowest BCUT2D eigenvalue weighted by Gasteiger charge is -2.25. The summed E-state index contributed by atoms with van der Waals surface area (Å²) in [6.07, 6.45) is 0. The Morgan fingerprint density at radius 3 is 2.50 bits per heavy atom. The fraction of sp³-hybridized carbons (Fsp3) is 0.455. The number of aliphatic hydroxyl groups excluding tert-OH is 1. The molecule has 2 nitrogen and oxygen atoms in total. The molecule has 0 saturated carbocycles. The summed E-state index contributed by atoms with van der Waals surface area (Å²) in [5.74, 6) is -0.514. The summed E-state index contributed by atoms with van der Waals surface area (Å²) in [4.78, 5) is 0. The van der Waals surface area contributed by atoms with Crippen LogP contribution in [-0.2, 0) is 0 Å². The lowest BCUT2D eigenvalue weighted by Crippen LogP contribution is -2.26. The van der Waals surface area contributed by atoms with E-state index in [1.165, 1.54) is 26.0 Å². The molecule has 1 unspecified atom stereocenters. The van der Waals surface area contributed by atoms with Gasteiger partial charge in [0.1, 0.15) is 11.4 Å². The number of hydrogen-bond acceptors (Lipinski definition) is 2. The first-order valence-corrected chi connectivity index (χ1v) is 4.54. The van der Waals surface area contributed by atoms with Crippen molar-refractivity contribution in [2.24, 2.45) is 0 Å². The molecule has 0 bridgehead atoms. The van der Waals surface area contributed by atoms with E-state index in [1.807, 2.05) is 0 Å². The summed E-state index contributed by atoms with van der Waals surface area (Å²) in [6, 6.07) is 6.33. The minimum Gasteiger partial charge on any atom is -0.508 e. The van der Waals surface area contributed by atoms with Crippen LogP contribution in [0.1, 0.15) is 25.3 Å². The second kappa shape index (κ2) is 3.96. The average Bonchev–Trinajstić information content (AvgIpc) is 2.02. The third-order valence-corrected chi connectivity index (χ3v) is 2.28. The van der Waals surface area contributed by atoms with Gasteiger partial charge in [0.25, 0.3) is 0 Å². The lowest BCUT2D eigenvalue weighted by atomic mass is 9.87. The van der Waals surface area contributed by atoms with E-state index in [0.717, 1.165) is 0 Å². The summed E-state index contributed by atoms with van der Waals surface area (Å²) < 4.78 is 13.6. The molecule has 14 heavy (non-hydrogen) atoms. The SMILES string of the molecule is CC(C)(F)C(CO)c1cccc(O)c1. The molecule has 1 aromatic carbocycles. The molecule has 1 aromatic rings. The lowest BCUT2D eigenvalue weighted by molar-refractivity contribution is 0.119. The maximum absolute atomic E-state index is 13.6. The van der Waals surface area contributed by atoms with Crippen molar-refractivity contribution in [2.45, 2.75) is 25.4 Å². The first-order chi connectivity index (χ1) is 6.45. The molecule has 0 aliphatic rings. The molecule has 0 aliphatic heterocycles. The first kappa shape index (κ1) is 11.0. The Kier molecular flexibility index (Phi) is 3.11. The number of rotatable bonds is 3. The normalized spacial score (nSPS) is 14.0. The predicted molar refractivity (Wildman–Crippen MR) is 53.1 cm³/mol. The van der Waals surface area contributed by atoms with E-state index < -0.39 is 11.6 Å². The van der Waals surface area contributed by atoms with Crippen LogP contribution in [0.25, 0.3) is 0 Å². The van der Waals surface area contributed by atoms with Gasteiger partial charge in [-0.25, -0.2) is 4.39 Å². The van der Waals surface area contributed by atoms with Crippen molar-refractivity contribution in [1.29, 1.82) is 0 Å². The van der Waals surface area contributed by atoms with E-state index >= 15 is 0 Å². The summed E-state index contributed by atoms with van der Waals surface area (Å²) >= 11 is 0. The third-order valence-electron chi connectivity index (χ3n) is 2.28.